The highest BCUT2D eigenvalue weighted by Crippen LogP contribution is 2.29. The second kappa shape index (κ2) is 8.82. The Morgan fingerprint density at radius 1 is 1.06 bits per heavy atom. The van der Waals surface area contributed by atoms with Crippen LogP contribution < -0.4 is 15.7 Å². The van der Waals surface area contributed by atoms with Crippen molar-refractivity contribution in [2.45, 2.75) is 33.2 Å². The summed E-state index contributed by atoms with van der Waals surface area (Å²) in [7, 11) is 0. The molecule has 0 aliphatic rings. The third-order valence-corrected chi connectivity index (χ3v) is 5.91. The zero-order valence-corrected chi connectivity index (χ0v) is 18.5. The molecule has 0 spiro atoms. The SMILES string of the molecule is Cc1c(C)c2ccc(OCC(=O)N[C@H](Cc3c[nH]c4ccccc34)C(=O)O)c(C)c2oc1=O. The van der Waals surface area contributed by atoms with Crippen LogP contribution in [0.25, 0.3) is 21.9 Å². The van der Waals surface area contributed by atoms with E-state index in [1.54, 1.807) is 32.2 Å². The lowest BCUT2D eigenvalue weighted by Gasteiger charge is -2.16. The summed E-state index contributed by atoms with van der Waals surface area (Å²) in [5.74, 6) is -1.32. The van der Waals surface area contributed by atoms with Crippen molar-refractivity contribution >= 4 is 33.7 Å². The fourth-order valence-corrected chi connectivity index (χ4v) is 3.88. The Morgan fingerprint density at radius 3 is 2.58 bits per heavy atom. The van der Waals surface area contributed by atoms with Crippen molar-refractivity contribution in [1.29, 1.82) is 0 Å². The molecule has 0 saturated carbocycles. The van der Waals surface area contributed by atoms with Gasteiger partial charge in [0.15, 0.2) is 6.61 Å². The number of amides is 1. The number of para-hydroxylation sites is 1. The maximum atomic E-state index is 12.5. The molecule has 2 aromatic carbocycles. The summed E-state index contributed by atoms with van der Waals surface area (Å²) in [4.78, 5) is 39.4. The Balaban J connectivity index is 1.47. The first-order chi connectivity index (χ1) is 15.8. The summed E-state index contributed by atoms with van der Waals surface area (Å²) >= 11 is 0. The summed E-state index contributed by atoms with van der Waals surface area (Å²) in [5, 5.41) is 13.8. The van der Waals surface area contributed by atoms with Crippen LogP contribution in [0.15, 0.2) is 51.8 Å². The van der Waals surface area contributed by atoms with Gasteiger partial charge in [0.2, 0.25) is 0 Å². The van der Waals surface area contributed by atoms with Gasteiger partial charge in [0.1, 0.15) is 17.4 Å². The average Bonchev–Trinajstić information content (AvgIpc) is 3.20. The molecule has 2 aromatic heterocycles. The van der Waals surface area contributed by atoms with Crippen LogP contribution in [-0.4, -0.2) is 34.6 Å². The van der Waals surface area contributed by atoms with Gasteiger partial charge in [-0.05, 0) is 50.1 Å². The van der Waals surface area contributed by atoms with Crippen LogP contribution in [0.2, 0.25) is 0 Å². The van der Waals surface area contributed by atoms with E-state index in [1.165, 1.54) is 0 Å². The molecule has 0 bridgehead atoms. The average molecular weight is 448 g/mol. The molecule has 4 aromatic rings. The third-order valence-electron chi connectivity index (χ3n) is 5.91. The fraction of sp³-hybridized carbons (Fsp3) is 0.240. The number of aliphatic carboxylic acids is 1. The van der Waals surface area contributed by atoms with E-state index in [2.05, 4.69) is 10.3 Å². The first-order valence-corrected chi connectivity index (χ1v) is 10.5. The van der Waals surface area contributed by atoms with E-state index in [9.17, 15) is 19.5 Å². The van der Waals surface area contributed by atoms with Crippen LogP contribution in [0.3, 0.4) is 0 Å². The Kier molecular flexibility index (Phi) is 5.91. The molecule has 2 heterocycles. The number of fused-ring (bicyclic) bond motifs is 2. The van der Waals surface area contributed by atoms with Crippen LogP contribution in [0.5, 0.6) is 5.75 Å². The first-order valence-electron chi connectivity index (χ1n) is 10.5. The van der Waals surface area contributed by atoms with E-state index < -0.39 is 23.5 Å². The highest BCUT2D eigenvalue weighted by molar-refractivity contribution is 5.88. The van der Waals surface area contributed by atoms with E-state index in [-0.39, 0.29) is 13.0 Å². The summed E-state index contributed by atoms with van der Waals surface area (Å²) in [5.41, 5.74) is 3.65. The van der Waals surface area contributed by atoms with Crippen LogP contribution in [0, 0.1) is 20.8 Å². The Morgan fingerprint density at radius 2 is 1.82 bits per heavy atom. The number of carbonyl (C=O) groups excluding carboxylic acids is 1. The number of carboxylic acid groups (broad SMARTS) is 1. The third kappa shape index (κ3) is 4.32. The summed E-state index contributed by atoms with van der Waals surface area (Å²) in [6.45, 7) is 4.92. The normalized spacial score (nSPS) is 12.1. The second-order valence-electron chi connectivity index (χ2n) is 8.02. The van der Waals surface area contributed by atoms with Gasteiger partial charge in [-0.25, -0.2) is 9.59 Å². The molecule has 0 radical (unpaired) electrons. The quantitative estimate of drug-likeness (QED) is 0.373. The summed E-state index contributed by atoms with van der Waals surface area (Å²) in [6.07, 6.45) is 1.88. The number of rotatable bonds is 7. The van der Waals surface area contributed by atoms with Crippen molar-refractivity contribution in [2.75, 3.05) is 6.61 Å². The second-order valence-corrected chi connectivity index (χ2v) is 8.02. The van der Waals surface area contributed by atoms with E-state index in [0.29, 0.717) is 22.5 Å². The number of benzene rings is 2. The minimum Gasteiger partial charge on any atom is -0.483 e. The fourth-order valence-electron chi connectivity index (χ4n) is 3.88. The van der Waals surface area contributed by atoms with Crippen LogP contribution in [0.4, 0.5) is 0 Å². The molecule has 0 aliphatic carbocycles. The number of carbonyl (C=O) groups is 2. The molecule has 0 fully saturated rings. The van der Waals surface area contributed by atoms with Crippen molar-refractivity contribution in [1.82, 2.24) is 10.3 Å². The number of aryl methyl sites for hydroxylation is 2. The Bertz CT molecular complexity index is 1430. The molecular formula is C25H24N2O6. The van der Waals surface area contributed by atoms with Crippen molar-refractivity contribution < 1.29 is 23.8 Å². The van der Waals surface area contributed by atoms with Gasteiger partial charge < -0.3 is 24.6 Å². The van der Waals surface area contributed by atoms with Gasteiger partial charge in [0, 0.05) is 40.0 Å². The van der Waals surface area contributed by atoms with Crippen LogP contribution in [0.1, 0.15) is 22.3 Å². The molecule has 8 nitrogen and oxygen atoms in total. The van der Waals surface area contributed by atoms with Crippen molar-refractivity contribution in [3.63, 3.8) is 0 Å². The monoisotopic (exact) mass is 448 g/mol. The first kappa shape index (κ1) is 22.1. The molecular weight excluding hydrogens is 424 g/mol. The zero-order chi connectivity index (χ0) is 23.7. The lowest BCUT2D eigenvalue weighted by atomic mass is 10.0. The minimum atomic E-state index is -1.14. The molecule has 3 N–H and O–H groups in total. The van der Waals surface area contributed by atoms with Crippen molar-refractivity contribution in [3.05, 3.63) is 75.3 Å². The molecule has 8 heteroatoms. The lowest BCUT2D eigenvalue weighted by molar-refractivity contribution is -0.142. The van der Waals surface area contributed by atoms with Gasteiger partial charge in [-0.1, -0.05) is 18.2 Å². The highest BCUT2D eigenvalue weighted by atomic mass is 16.5. The summed E-state index contributed by atoms with van der Waals surface area (Å²) in [6, 6.07) is 9.93. The van der Waals surface area contributed by atoms with Crippen LogP contribution >= 0.6 is 0 Å². The number of hydrogen-bond donors (Lipinski definition) is 3. The van der Waals surface area contributed by atoms with Gasteiger partial charge in [0.25, 0.3) is 5.91 Å². The number of aromatic amines is 1. The number of aromatic nitrogens is 1. The van der Waals surface area contributed by atoms with E-state index in [4.69, 9.17) is 9.15 Å². The van der Waals surface area contributed by atoms with Gasteiger partial charge >= 0.3 is 11.6 Å². The maximum Gasteiger partial charge on any atom is 0.339 e. The lowest BCUT2D eigenvalue weighted by Crippen LogP contribution is -2.44. The number of carboxylic acids is 1. The predicted molar refractivity (Wildman–Crippen MR) is 124 cm³/mol. The van der Waals surface area contributed by atoms with Crippen molar-refractivity contribution in [2.24, 2.45) is 0 Å². The van der Waals surface area contributed by atoms with Gasteiger partial charge in [-0.3, -0.25) is 4.79 Å². The molecule has 170 valence electrons. The predicted octanol–water partition coefficient (Wildman–Crippen LogP) is 3.39. The Labute approximate surface area is 189 Å². The maximum absolute atomic E-state index is 12.5. The van der Waals surface area contributed by atoms with Gasteiger partial charge in [0.05, 0.1) is 0 Å². The largest absolute Gasteiger partial charge is 0.483 e. The minimum absolute atomic E-state index is 0.129. The molecule has 0 aliphatic heterocycles. The zero-order valence-electron chi connectivity index (χ0n) is 18.5. The molecule has 4 rings (SSSR count). The number of nitrogens with one attached hydrogen (secondary N) is 2. The van der Waals surface area contributed by atoms with Gasteiger partial charge in [-0.15, -0.1) is 0 Å². The smallest absolute Gasteiger partial charge is 0.339 e. The van der Waals surface area contributed by atoms with Crippen LogP contribution in [-0.2, 0) is 16.0 Å². The van der Waals surface area contributed by atoms with E-state index in [1.807, 2.05) is 31.2 Å². The van der Waals surface area contributed by atoms with Gasteiger partial charge in [-0.2, -0.15) is 0 Å². The molecule has 0 saturated heterocycles. The summed E-state index contributed by atoms with van der Waals surface area (Å²) < 4.78 is 11.1. The number of ether oxygens (including phenoxy) is 1. The molecule has 0 unspecified atom stereocenters. The van der Waals surface area contributed by atoms with E-state index in [0.717, 1.165) is 27.4 Å². The van der Waals surface area contributed by atoms with E-state index >= 15 is 0 Å². The standard InChI is InChI=1S/C25H24N2O6/c1-13-14(2)25(31)33-23-15(3)21(9-8-17(13)23)32-12-22(28)27-20(24(29)30)10-16-11-26-19-7-5-4-6-18(16)19/h4-9,11,20,26H,10,12H2,1-3H3,(H,27,28)(H,29,30)/t20-/m1/s1. The molecule has 1 amide bonds. The Hall–Kier alpha value is -4.07. The number of hydrogen-bond acceptors (Lipinski definition) is 5. The highest BCUT2D eigenvalue weighted by Gasteiger charge is 2.22. The molecule has 33 heavy (non-hydrogen) atoms. The molecule has 1 atom stereocenters. The topological polar surface area (TPSA) is 122 Å². The number of H-pyrrole nitrogens is 1. The van der Waals surface area contributed by atoms with Crippen molar-refractivity contribution in [3.8, 4) is 5.75 Å².